The molecule has 0 aliphatic carbocycles. The molecule has 1 aliphatic heterocycles. The van der Waals surface area contributed by atoms with Gasteiger partial charge in [-0.25, -0.2) is 0 Å². The van der Waals surface area contributed by atoms with E-state index in [0.29, 0.717) is 60.5 Å². The number of benzene rings is 3. The van der Waals surface area contributed by atoms with Gasteiger partial charge in [0, 0.05) is 12.1 Å². The molecule has 42 heavy (non-hydrogen) atoms. The Hall–Kier alpha value is -4.26. The average molecular weight is 572 g/mol. The number of carbonyl (C=O) groups excluding carboxylic acids is 2. The molecule has 3 aromatic rings. The Kier molecular flexibility index (Phi) is 10.7. The van der Waals surface area contributed by atoms with E-state index < -0.39 is 17.7 Å². The highest BCUT2D eigenvalue weighted by molar-refractivity contribution is 6.46. The van der Waals surface area contributed by atoms with Crippen LogP contribution in [0.2, 0.25) is 0 Å². The molecule has 0 spiro atoms. The van der Waals surface area contributed by atoms with Crippen molar-refractivity contribution in [3.05, 3.63) is 95.1 Å². The van der Waals surface area contributed by atoms with Crippen LogP contribution in [0.1, 0.15) is 62.8 Å². The minimum atomic E-state index is -0.808. The highest BCUT2D eigenvalue weighted by Crippen LogP contribution is 2.42. The van der Waals surface area contributed by atoms with E-state index in [4.69, 9.17) is 14.2 Å². The Morgan fingerprint density at radius 3 is 2.43 bits per heavy atom. The van der Waals surface area contributed by atoms with Crippen LogP contribution in [0.25, 0.3) is 5.76 Å². The molecule has 1 fully saturated rings. The summed E-state index contributed by atoms with van der Waals surface area (Å²) < 4.78 is 17.5. The summed E-state index contributed by atoms with van der Waals surface area (Å²) in [5.41, 5.74) is 2.14. The van der Waals surface area contributed by atoms with Crippen LogP contribution in [-0.4, -0.2) is 48.6 Å². The molecule has 1 aliphatic rings. The number of hydrogen-bond donors (Lipinski definition) is 1. The van der Waals surface area contributed by atoms with E-state index >= 15 is 0 Å². The van der Waals surface area contributed by atoms with Crippen LogP contribution in [0.4, 0.5) is 0 Å². The molecular weight excluding hydrogens is 530 g/mol. The Morgan fingerprint density at radius 1 is 0.929 bits per heavy atom. The molecule has 0 saturated carbocycles. The normalized spacial score (nSPS) is 16.2. The molecule has 1 heterocycles. The van der Waals surface area contributed by atoms with Gasteiger partial charge in [0.2, 0.25) is 0 Å². The van der Waals surface area contributed by atoms with Crippen LogP contribution < -0.4 is 14.2 Å². The molecule has 4 rings (SSSR count). The maximum atomic E-state index is 13.6. The van der Waals surface area contributed by atoms with Gasteiger partial charge in [0.1, 0.15) is 11.5 Å². The van der Waals surface area contributed by atoms with Crippen molar-refractivity contribution in [1.29, 1.82) is 0 Å². The summed E-state index contributed by atoms with van der Waals surface area (Å²) in [5, 5.41) is 11.6. The largest absolute Gasteiger partial charge is 0.507 e. The van der Waals surface area contributed by atoms with Crippen molar-refractivity contribution in [3.8, 4) is 17.2 Å². The van der Waals surface area contributed by atoms with Crippen LogP contribution in [0, 0.1) is 5.92 Å². The number of methoxy groups -OCH3 is 1. The topological polar surface area (TPSA) is 85.3 Å². The number of aliphatic hydroxyl groups excluding tert-OH is 1. The first-order valence-electron chi connectivity index (χ1n) is 14.7. The molecule has 1 saturated heterocycles. The fourth-order valence-corrected chi connectivity index (χ4v) is 4.95. The summed E-state index contributed by atoms with van der Waals surface area (Å²) in [6.45, 7) is 7.74. The van der Waals surface area contributed by atoms with Crippen LogP contribution in [-0.2, 0) is 16.0 Å². The number of ketones is 1. The molecule has 0 bridgehead atoms. The summed E-state index contributed by atoms with van der Waals surface area (Å²) in [6.07, 6.45) is 3.35. The molecule has 1 unspecified atom stereocenters. The van der Waals surface area contributed by atoms with Gasteiger partial charge in [-0.2, -0.15) is 0 Å². The van der Waals surface area contributed by atoms with Gasteiger partial charge in [-0.1, -0.05) is 75.7 Å². The fraction of sp³-hybridized carbons (Fsp3) is 0.371. The molecule has 1 atom stereocenters. The Balaban J connectivity index is 1.75. The van der Waals surface area contributed by atoms with Gasteiger partial charge in [0.15, 0.2) is 11.5 Å². The van der Waals surface area contributed by atoms with Gasteiger partial charge in [0.25, 0.3) is 11.7 Å². The van der Waals surface area contributed by atoms with Crippen molar-refractivity contribution in [2.45, 2.75) is 52.5 Å². The third kappa shape index (κ3) is 7.32. The molecule has 1 amide bonds. The lowest BCUT2D eigenvalue weighted by atomic mass is 9.94. The molecule has 0 aromatic heterocycles. The number of ether oxygens (including phenoxy) is 3. The van der Waals surface area contributed by atoms with Gasteiger partial charge in [-0.15, -0.1) is 0 Å². The van der Waals surface area contributed by atoms with E-state index in [-0.39, 0.29) is 11.3 Å². The van der Waals surface area contributed by atoms with E-state index in [1.165, 1.54) is 4.90 Å². The maximum Gasteiger partial charge on any atom is 0.295 e. The minimum Gasteiger partial charge on any atom is -0.507 e. The third-order valence-electron chi connectivity index (χ3n) is 7.35. The number of likely N-dealkylation sites (tertiary alicyclic amines) is 1. The fourth-order valence-electron chi connectivity index (χ4n) is 4.95. The SMILES string of the molecule is CCCCOc1cccc(C(O)=C2C(=O)C(=O)N(CCc3ccccc3)C2c2ccc(OCCC(C)C)c(OC)c2)c1. The number of nitrogens with zero attached hydrogens (tertiary/aromatic N) is 1. The molecule has 0 radical (unpaired) electrons. The first kappa shape index (κ1) is 30.7. The van der Waals surface area contributed by atoms with Crippen LogP contribution in [0.15, 0.2) is 78.4 Å². The number of Topliss-reactive ketones (excluding diaryl/α,β-unsaturated/α-hetero) is 1. The summed E-state index contributed by atoms with van der Waals surface area (Å²) in [4.78, 5) is 28.6. The molecular formula is C35H41NO6. The van der Waals surface area contributed by atoms with E-state index in [2.05, 4.69) is 20.8 Å². The van der Waals surface area contributed by atoms with Crippen molar-refractivity contribution in [2.75, 3.05) is 26.9 Å². The lowest BCUT2D eigenvalue weighted by Crippen LogP contribution is -2.31. The molecule has 7 nitrogen and oxygen atoms in total. The molecule has 222 valence electrons. The number of rotatable bonds is 14. The van der Waals surface area contributed by atoms with Crippen molar-refractivity contribution >= 4 is 17.4 Å². The Morgan fingerprint density at radius 2 is 1.71 bits per heavy atom. The van der Waals surface area contributed by atoms with Crippen molar-refractivity contribution < 1.29 is 28.9 Å². The van der Waals surface area contributed by atoms with E-state index in [0.717, 1.165) is 24.8 Å². The molecule has 7 heteroatoms. The lowest BCUT2D eigenvalue weighted by Gasteiger charge is -2.26. The van der Waals surface area contributed by atoms with Gasteiger partial charge < -0.3 is 24.2 Å². The van der Waals surface area contributed by atoms with Crippen molar-refractivity contribution in [3.63, 3.8) is 0 Å². The first-order chi connectivity index (χ1) is 20.3. The summed E-state index contributed by atoms with van der Waals surface area (Å²) in [5.74, 6) is 0.555. The second-order valence-electron chi connectivity index (χ2n) is 10.9. The third-order valence-corrected chi connectivity index (χ3v) is 7.35. The summed E-state index contributed by atoms with van der Waals surface area (Å²) in [6, 6.07) is 21.4. The van der Waals surface area contributed by atoms with Crippen LogP contribution in [0.5, 0.6) is 17.2 Å². The summed E-state index contributed by atoms with van der Waals surface area (Å²) >= 11 is 0. The second kappa shape index (κ2) is 14.6. The molecule has 3 aromatic carbocycles. The lowest BCUT2D eigenvalue weighted by molar-refractivity contribution is -0.139. The van der Waals surface area contributed by atoms with Gasteiger partial charge in [0.05, 0.1) is 31.9 Å². The number of carbonyl (C=O) groups is 2. The zero-order chi connectivity index (χ0) is 30.1. The maximum absolute atomic E-state index is 13.6. The highest BCUT2D eigenvalue weighted by atomic mass is 16.5. The van der Waals surface area contributed by atoms with Crippen molar-refractivity contribution in [1.82, 2.24) is 4.90 Å². The zero-order valence-electron chi connectivity index (χ0n) is 25.0. The Labute approximate surface area is 248 Å². The van der Waals surface area contributed by atoms with Crippen LogP contribution in [0.3, 0.4) is 0 Å². The van der Waals surface area contributed by atoms with E-state index in [1.807, 2.05) is 42.5 Å². The van der Waals surface area contributed by atoms with Gasteiger partial charge in [-0.05, 0) is 60.6 Å². The smallest absolute Gasteiger partial charge is 0.295 e. The number of hydrogen-bond acceptors (Lipinski definition) is 6. The quantitative estimate of drug-likeness (QED) is 0.0974. The minimum absolute atomic E-state index is 0.0364. The van der Waals surface area contributed by atoms with Gasteiger partial charge in [-0.3, -0.25) is 9.59 Å². The summed E-state index contributed by atoms with van der Waals surface area (Å²) in [7, 11) is 1.56. The number of amides is 1. The predicted octanol–water partition coefficient (Wildman–Crippen LogP) is 6.96. The zero-order valence-corrected chi connectivity index (χ0v) is 25.0. The van der Waals surface area contributed by atoms with Gasteiger partial charge >= 0.3 is 0 Å². The van der Waals surface area contributed by atoms with E-state index in [9.17, 15) is 14.7 Å². The number of unbranched alkanes of at least 4 members (excludes halogenated alkanes) is 1. The number of aliphatic hydroxyl groups is 1. The Bertz CT molecular complexity index is 1400. The first-order valence-corrected chi connectivity index (χ1v) is 14.7. The monoisotopic (exact) mass is 571 g/mol. The standard InChI is InChI=1S/C35H41NO6/c1-5-6-20-41-28-14-10-13-27(22-28)33(37)31-32(26-15-16-29(30(23-26)40-4)42-21-18-24(2)3)36(35(39)34(31)38)19-17-25-11-8-7-9-12-25/h7-16,22-24,32,37H,5-6,17-21H2,1-4H3. The molecule has 1 N–H and O–H groups in total. The predicted molar refractivity (Wildman–Crippen MR) is 164 cm³/mol. The van der Waals surface area contributed by atoms with Crippen LogP contribution >= 0.6 is 0 Å². The highest BCUT2D eigenvalue weighted by Gasteiger charge is 2.46. The van der Waals surface area contributed by atoms with Crippen molar-refractivity contribution in [2.24, 2.45) is 5.92 Å². The van der Waals surface area contributed by atoms with E-state index in [1.54, 1.807) is 37.4 Å². The second-order valence-corrected chi connectivity index (χ2v) is 10.9. The average Bonchev–Trinajstić information content (AvgIpc) is 3.25.